The topological polar surface area (TPSA) is 82.1 Å². The third-order valence-corrected chi connectivity index (χ3v) is 4.75. The van der Waals surface area contributed by atoms with Gasteiger partial charge in [0.15, 0.2) is 0 Å². The molecule has 3 rings (SSSR count). The first-order valence-electron chi connectivity index (χ1n) is 8.99. The van der Waals surface area contributed by atoms with E-state index in [4.69, 9.17) is 0 Å². The molecule has 2 aliphatic rings. The normalized spacial score (nSPS) is 17.3. The van der Waals surface area contributed by atoms with Gasteiger partial charge in [-0.1, -0.05) is 12.1 Å². The van der Waals surface area contributed by atoms with Crippen molar-refractivity contribution in [1.82, 2.24) is 10.2 Å². The highest BCUT2D eigenvalue weighted by Gasteiger charge is 2.27. The number of anilines is 1. The second-order valence-electron chi connectivity index (χ2n) is 6.81. The van der Waals surface area contributed by atoms with E-state index in [9.17, 15) is 14.4 Å². The maximum atomic E-state index is 12.4. The van der Waals surface area contributed by atoms with E-state index in [2.05, 4.69) is 10.4 Å². The molecular weight excluding hydrogens is 332 g/mol. The zero-order valence-electron chi connectivity index (χ0n) is 15.2. The highest BCUT2D eigenvalue weighted by atomic mass is 16.2. The predicted molar refractivity (Wildman–Crippen MR) is 98.9 cm³/mol. The van der Waals surface area contributed by atoms with E-state index < -0.39 is 0 Å². The van der Waals surface area contributed by atoms with Gasteiger partial charge in [-0.3, -0.25) is 14.4 Å². The molecular formula is C19H24N4O3. The van der Waals surface area contributed by atoms with Crippen molar-refractivity contribution in [3.05, 3.63) is 29.3 Å². The van der Waals surface area contributed by atoms with Crippen LogP contribution in [0, 0.1) is 13.8 Å². The van der Waals surface area contributed by atoms with Crippen molar-refractivity contribution in [1.29, 1.82) is 0 Å². The lowest BCUT2D eigenvalue weighted by Gasteiger charge is -2.25. The van der Waals surface area contributed by atoms with Gasteiger partial charge in [-0.15, -0.1) is 0 Å². The number of carbonyl (C=O) groups excluding carboxylic acids is 3. The van der Waals surface area contributed by atoms with Crippen LogP contribution in [0.5, 0.6) is 0 Å². The largest absolute Gasteiger partial charge is 0.342 e. The number of hydrogen-bond donors (Lipinski definition) is 1. The molecule has 138 valence electrons. The summed E-state index contributed by atoms with van der Waals surface area (Å²) in [6.07, 6.45) is 2.53. The summed E-state index contributed by atoms with van der Waals surface area (Å²) < 4.78 is 0. The van der Waals surface area contributed by atoms with Gasteiger partial charge in [0.1, 0.15) is 5.71 Å². The molecule has 2 heterocycles. The maximum Gasteiger partial charge on any atom is 0.267 e. The number of amides is 3. The van der Waals surface area contributed by atoms with Crippen LogP contribution >= 0.6 is 0 Å². The first kappa shape index (κ1) is 18.1. The Morgan fingerprint density at radius 2 is 1.88 bits per heavy atom. The fourth-order valence-electron chi connectivity index (χ4n) is 3.19. The van der Waals surface area contributed by atoms with Crippen LogP contribution in [0.2, 0.25) is 0 Å². The van der Waals surface area contributed by atoms with Crippen LogP contribution in [0.4, 0.5) is 5.69 Å². The lowest BCUT2D eigenvalue weighted by molar-refractivity contribution is -0.130. The fraction of sp³-hybridized carbons (Fsp3) is 0.474. The standard InChI is InChI=1S/C19H24N4O3/c1-13-5-6-14(2)16(11-13)23-17(24)8-7-15(21-23)19(26)20-12-18(25)22-9-3-4-10-22/h5-6,11H,3-4,7-10,12H2,1-2H3,(H,20,26). The van der Waals surface area contributed by atoms with Crippen molar-refractivity contribution >= 4 is 29.1 Å². The first-order chi connectivity index (χ1) is 12.5. The van der Waals surface area contributed by atoms with E-state index in [0.717, 1.165) is 37.1 Å². The molecule has 0 spiro atoms. The van der Waals surface area contributed by atoms with Crippen molar-refractivity contribution in [2.45, 2.75) is 39.5 Å². The number of nitrogens with one attached hydrogen (secondary N) is 1. The second kappa shape index (κ2) is 7.68. The molecule has 0 radical (unpaired) electrons. The number of hydrazone groups is 1. The van der Waals surface area contributed by atoms with E-state index in [-0.39, 0.29) is 42.8 Å². The van der Waals surface area contributed by atoms with E-state index in [1.54, 1.807) is 4.90 Å². The van der Waals surface area contributed by atoms with Crippen molar-refractivity contribution in [2.24, 2.45) is 5.10 Å². The van der Waals surface area contributed by atoms with E-state index in [1.807, 2.05) is 32.0 Å². The first-order valence-corrected chi connectivity index (χ1v) is 8.99. The highest BCUT2D eigenvalue weighted by Crippen LogP contribution is 2.25. The fourth-order valence-corrected chi connectivity index (χ4v) is 3.19. The predicted octanol–water partition coefficient (Wildman–Crippen LogP) is 1.52. The Morgan fingerprint density at radius 1 is 1.15 bits per heavy atom. The van der Waals surface area contributed by atoms with Crippen LogP contribution in [-0.4, -0.2) is 48.0 Å². The molecule has 1 saturated heterocycles. The van der Waals surface area contributed by atoms with Crippen molar-refractivity contribution in [2.75, 3.05) is 24.6 Å². The number of carbonyl (C=O) groups is 3. The van der Waals surface area contributed by atoms with Crippen LogP contribution in [0.25, 0.3) is 0 Å². The van der Waals surface area contributed by atoms with Gasteiger partial charge >= 0.3 is 0 Å². The summed E-state index contributed by atoms with van der Waals surface area (Å²) in [5, 5.41) is 8.23. The summed E-state index contributed by atoms with van der Waals surface area (Å²) in [7, 11) is 0. The molecule has 2 aliphatic heterocycles. The summed E-state index contributed by atoms with van der Waals surface area (Å²) in [4.78, 5) is 38.5. The van der Waals surface area contributed by atoms with Gasteiger partial charge in [0.2, 0.25) is 11.8 Å². The minimum Gasteiger partial charge on any atom is -0.342 e. The summed E-state index contributed by atoms with van der Waals surface area (Å²) in [6.45, 7) is 5.32. The molecule has 1 fully saturated rings. The SMILES string of the molecule is Cc1ccc(C)c(N2N=C(C(=O)NCC(=O)N3CCCC3)CCC2=O)c1. The molecule has 7 nitrogen and oxygen atoms in total. The zero-order chi connectivity index (χ0) is 18.7. The second-order valence-corrected chi connectivity index (χ2v) is 6.81. The third-order valence-electron chi connectivity index (χ3n) is 4.75. The Balaban J connectivity index is 1.70. The number of benzene rings is 1. The van der Waals surface area contributed by atoms with Crippen LogP contribution < -0.4 is 10.3 Å². The van der Waals surface area contributed by atoms with Gasteiger partial charge in [-0.2, -0.15) is 5.10 Å². The summed E-state index contributed by atoms with van der Waals surface area (Å²) in [6, 6.07) is 5.78. The lowest BCUT2D eigenvalue weighted by Crippen LogP contribution is -2.43. The molecule has 0 bridgehead atoms. The van der Waals surface area contributed by atoms with Crippen molar-refractivity contribution in [3.8, 4) is 0 Å². The van der Waals surface area contributed by atoms with Crippen molar-refractivity contribution in [3.63, 3.8) is 0 Å². The average molecular weight is 356 g/mol. The molecule has 26 heavy (non-hydrogen) atoms. The van der Waals surface area contributed by atoms with Crippen LogP contribution in [0.1, 0.15) is 36.8 Å². The quantitative estimate of drug-likeness (QED) is 0.888. The number of aryl methyl sites for hydroxylation is 2. The number of hydrogen-bond acceptors (Lipinski definition) is 4. The number of nitrogens with zero attached hydrogens (tertiary/aromatic N) is 3. The van der Waals surface area contributed by atoms with Crippen LogP contribution in [-0.2, 0) is 14.4 Å². The number of likely N-dealkylation sites (tertiary alicyclic amines) is 1. The molecule has 0 unspecified atom stereocenters. The summed E-state index contributed by atoms with van der Waals surface area (Å²) in [5.41, 5.74) is 2.90. The molecule has 0 aliphatic carbocycles. The molecule has 7 heteroatoms. The summed E-state index contributed by atoms with van der Waals surface area (Å²) >= 11 is 0. The Hall–Kier alpha value is -2.70. The zero-order valence-corrected chi connectivity index (χ0v) is 15.2. The molecule has 0 aromatic heterocycles. The van der Waals surface area contributed by atoms with E-state index in [0.29, 0.717) is 5.69 Å². The average Bonchev–Trinajstić information content (AvgIpc) is 3.17. The number of rotatable bonds is 4. The van der Waals surface area contributed by atoms with Gasteiger partial charge in [0, 0.05) is 25.9 Å². The van der Waals surface area contributed by atoms with Gasteiger partial charge in [0.05, 0.1) is 12.2 Å². The third kappa shape index (κ3) is 3.92. The Kier molecular flexibility index (Phi) is 5.35. The van der Waals surface area contributed by atoms with Gasteiger partial charge in [0.25, 0.3) is 5.91 Å². The monoisotopic (exact) mass is 356 g/mol. The minimum atomic E-state index is -0.389. The lowest BCUT2D eigenvalue weighted by atomic mass is 10.1. The molecule has 3 amide bonds. The Labute approximate surface area is 153 Å². The highest BCUT2D eigenvalue weighted by molar-refractivity contribution is 6.40. The van der Waals surface area contributed by atoms with Crippen molar-refractivity contribution < 1.29 is 14.4 Å². The molecule has 0 saturated carbocycles. The van der Waals surface area contributed by atoms with Gasteiger partial charge in [-0.25, -0.2) is 5.01 Å². The van der Waals surface area contributed by atoms with Gasteiger partial charge < -0.3 is 10.2 Å². The Bertz CT molecular complexity index is 766. The maximum absolute atomic E-state index is 12.4. The smallest absolute Gasteiger partial charge is 0.267 e. The van der Waals surface area contributed by atoms with E-state index >= 15 is 0 Å². The minimum absolute atomic E-state index is 0.0325. The van der Waals surface area contributed by atoms with Gasteiger partial charge in [-0.05, 0) is 43.9 Å². The summed E-state index contributed by atoms with van der Waals surface area (Å²) in [5.74, 6) is -0.599. The van der Waals surface area contributed by atoms with E-state index in [1.165, 1.54) is 5.01 Å². The molecule has 1 N–H and O–H groups in total. The van der Waals surface area contributed by atoms with Crippen LogP contribution in [0.15, 0.2) is 23.3 Å². The molecule has 1 aromatic carbocycles. The Morgan fingerprint density at radius 3 is 2.62 bits per heavy atom. The van der Waals surface area contributed by atoms with Crippen LogP contribution in [0.3, 0.4) is 0 Å². The molecule has 1 aromatic rings. The molecule has 0 atom stereocenters.